The Morgan fingerprint density at radius 3 is 1.49 bits per heavy atom. The first-order chi connectivity index (χ1) is 24.4. The molecule has 0 saturated carbocycles. The number of aromatic hydroxyl groups is 3. The van der Waals surface area contributed by atoms with Crippen LogP contribution < -0.4 is 9.47 Å². The molecule has 0 radical (unpaired) electrons. The van der Waals surface area contributed by atoms with Gasteiger partial charge in [0, 0.05) is 29.3 Å². The summed E-state index contributed by atoms with van der Waals surface area (Å²) < 4.78 is 66.1. The van der Waals surface area contributed by atoms with E-state index in [1.807, 2.05) is 0 Å². The number of ether oxygens (including phenoxy) is 2. The molecular weight excluding hydrogens is 668 g/mol. The minimum Gasteiger partial charge on any atom is -0.508 e. The molecule has 0 spiro atoms. The molecule has 0 heterocycles. The Morgan fingerprint density at radius 2 is 0.980 bits per heavy atom. The van der Waals surface area contributed by atoms with Crippen molar-refractivity contribution in [3.63, 3.8) is 0 Å². The fourth-order valence-electron chi connectivity index (χ4n) is 5.11. The number of halogens is 4. The lowest BCUT2D eigenvalue weighted by Crippen LogP contribution is -2.09. The molecule has 0 saturated heterocycles. The van der Waals surface area contributed by atoms with Crippen molar-refractivity contribution in [2.45, 2.75) is 0 Å². The summed E-state index contributed by atoms with van der Waals surface area (Å²) in [6.45, 7) is 0. The summed E-state index contributed by atoms with van der Waals surface area (Å²) in [5, 5.41) is 30.8. The van der Waals surface area contributed by atoms with Crippen LogP contribution in [0.4, 0.5) is 17.6 Å². The number of carbonyl (C=O) groups excluding carboxylic acids is 2. The molecule has 0 aliphatic heterocycles. The van der Waals surface area contributed by atoms with E-state index in [2.05, 4.69) is 0 Å². The van der Waals surface area contributed by atoms with Crippen molar-refractivity contribution in [3.05, 3.63) is 161 Å². The minimum atomic E-state index is -0.995. The summed E-state index contributed by atoms with van der Waals surface area (Å²) in [7, 11) is 0. The number of hydrogen-bond acceptors (Lipinski definition) is 7. The molecule has 51 heavy (non-hydrogen) atoms. The van der Waals surface area contributed by atoms with E-state index in [0.717, 1.165) is 12.1 Å². The van der Waals surface area contributed by atoms with Crippen LogP contribution in [0.1, 0.15) is 31.8 Å². The SMILES string of the molecule is O=C(Oc1ccc(C=Cc2cc(O)cc(OC(=O)c3cc(-c4ccc(F)cc4F)ccc3O)c2)cc1)c1cc(-c2ccc(F)cc2F)ccc1O. The largest absolute Gasteiger partial charge is 0.508 e. The molecule has 0 aromatic heterocycles. The van der Waals surface area contributed by atoms with Gasteiger partial charge in [-0.1, -0.05) is 36.4 Å². The highest BCUT2D eigenvalue weighted by atomic mass is 19.1. The van der Waals surface area contributed by atoms with Crippen LogP contribution in [0.2, 0.25) is 0 Å². The zero-order valence-electron chi connectivity index (χ0n) is 26.1. The van der Waals surface area contributed by atoms with E-state index in [9.17, 15) is 42.5 Å². The molecule has 6 rings (SSSR count). The second-order valence-electron chi connectivity index (χ2n) is 11.2. The van der Waals surface area contributed by atoms with E-state index in [-0.39, 0.29) is 50.6 Å². The standard InChI is InChI=1S/C40H24F4O7/c41-26-7-11-31(35(43)19-26)24-5-13-37(46)33(17-24)39(48)50-29-9-3-22(4-10-29)1-2-23-15-28(45)21-30(16-23)51-40(49)34-18-25(6-14-38(34)47)32-12-8-27(42)20-36(32)44/h1-21,45-47H. The van der Waals surface area contributed by atoms with Crippen molar-refractivity contribution in [1.29, 1.82) is 0 Å². The van der Waals surface area contributed by atoms with Gasteiger partial charge in [0.2, 0.25) is 0 Å². The molecule has 0 bridgehead atoms. The monoisotopic (exact) mass is 692 g/mol. The van der Waals surface area contributed by atoms with Gasteiger partial charge in [0.1, 0.15) is 63.1 Å². The fourth-order valence-corrected chi connectivity index (χ4v) is 5.11. The Morgan fingerprint density at radius 1 is 0.490 bits per heavy atom. The van der Waals surface area contributed by atoms with Gasteiger partial charge >= 0.3 is 11.9 Å². The molecule has 254 valence electrons. The smallest absolute Gasteiger partial charge is 0.347 e. The van der Waals surface area contributed by atoms with Crippen LogP contribution in [0.3, 0.4) is 0 Å². The predicted molar refractivity (Wildman–Crippen MR) is 180 cm³/mol. The second kappa shape index (κ2) is 14.3. The molecule has 3 N–H and O–H groups in total. The predicted octanol–water partition coefficient (Wildman–Crippen LogP) is 9.30. The van der Waals surface area contributed by atoms with Crippen LogP contribution in [0, 0.1) is 23.3 Å². The van der Waals surface area contributed by atoms with Gasteiger partial charge in [-0.25, -0.2) is 27.2 Å². The van der Waals surface area contributed by atoms with Gasteiger partial charge in [0.05, 0.1) is 0 Å². The number of rotatable bonds is 8. The van der Waals surface area contributed by atoms with Crippen molar-refractivity contribution in [2.24, 2.45) is 0 Å². The van der Waals surface area contributed by atoms with Crippen LogP contribution in [0.25, 0.3) is 34.4 Å². The molecule has 0 amide bonds. The summed E-state index contributed by atoms with van der Waals surface area (Å²) in [5.41, 5.74) is 1.01. The fraction of sp³-hybridized carbons (Fsp3) is 0. The Bertz CT molecular complexity index is 2340. The molecule has 0 aliphatic carbocycles. The maximum atomic E-state index is 14.3. The van der Waals surface area contributed by atoms with Crippen molar-refractivity contribution < 1.29 is 51.9 Å². The van der Waals surface area contributed by atoms with Crippen molar-refractivity contribution >= 4 is 24.1 Å². The van der Waals surface area contributed by atoms with Crippen molar-refractivity contribution in [1.82, 2.24) is 0 Å². The third-order valence-corrected chi connectivity index (χ3v) is 7.60. The average molecular weight is 693 g/mol. The van der Waals surface area contributed by atoms with E-state index in [4.69, 9.17) is 9.47 Å². The lowest BCUT2D eigenvalue weighted by Gasteiger charge is -2.10. The lowest BCUT2D eigenvalue weighted by molar-refractivity contribution is 0.0721. The Kier molecular flexibility index (Phi) is 9.54. The van der Waals surface area contributed by atoms with Crippen LogP contribution in [0.15, 0.2) is 115 Å². The maximum Gasteiger partial charge on any atom is 0.347 e. The van der Waals surface area contributed by atoms with E-state index >= 15 is 0 Å². The highest BCUT2D eigenvalue weighted by Gasteiger charge is 2.19. The number of esters is 2. The van der Waals surface area contributed by atoms with Crippen LogP contribution >= 0.6 is 0 Å². The third kappa shape index (κ3) is 7.89. The van der Waals surface area contributed by atoms with Gasteiger partial charge in [-0.3, -0.25) is 0 Å². The Balaban J connectivity index is 1.13. The van der Waals surface area contributed by atoms with Crippen molar-refractivity contribution in [3.8, 4) is 51.0 Å². The van der Waals surface area contributed by atoms with E-state index < -0.39 is 46.7 Å². The van der Waals surface area contributed by atoms with Gasteiger partial charge in [-0.2, -0.15) is 0 Å². The maximum absolute atomic E-state index is 14.3. The molecule has 7 nitrogen and oxygen atoms in total. The quantitative estimate of drug-likeness (QED) is 0.0631. The zero-order chi connectivity index (χ0) is 36.2. The number of benzene rings is 6. The van der Waals surface area contributed by atoms with E-state index in [1.165, 1.54) is 78.9 Å². The van der Waals surface area contributed by atoms with Gasteiger partial charge in [0.15, 0.2) is 0 Å². The summed E-state index contributed by atoms with van der Waals surface area (Å²) >= 11 is 0. The number of carbonyl (C=O) groups is 2. The number of hydrogen-bond donors (Lipinski definition) is 3. The normalized spacial score (nSPS) is 11.1. The Labute approximate surface area is 287 Å². The molecule has 6 aromatic carbocycles. The summed E-state index contributed by atoms with van der Waals surface area (Å²) in [4.78, 5) is 25.8. The molecule has 0 atom stereocenters. The van der Waals surface area contributed by atoms with Crippen LogP contribution in [-0.2, 0) is 0 Å². The second-order valence-corrected chi connectivity index (χ2v) is 11.2. The first-order valence-electron chi connectivity index (χ1n) is 15.1. The van der Waals surface area contributed by atoms with E-state index in [1.54, 1.807) is 24.3 Å². The first kappa shape index (κ1) is 34.0. The highest BCUT2D eigenvalue weighted by Crippen LogP contribution is 2.32. The van der Waals surface area contributed by atoms with Crippen LogP contribution in [0.5, 0.6) is 28.7 Å². The molecular formula is C40H24F4O7. The third-order valence-electron chi connectivity index (χ3n) is 7.60. The van der Waals surface area contributed by atoms with Gasteiger partial charge < -0.3 is 24.8 Å². The molecule has 0 unspecified atom stereocenters. The summed E-state index contributed by atoms with van der Waals surface area (Å²) in [6.07, 6.45) is 3.26. The molecule has 0 fully saturated rings. The number of phenols is 3. The minimum absolute atomic E-state index is 0.00633. The van der Waals surface area contributed by atoms with E-state index in [0.29, 0.717) is 23.3 Å². The molecule has 0 aliphatic rings. The molecule has 11 heteroatoms. The average Bonchev–Trinajstić information content (AvgIpc) is 3.08. The highest BCUT2D eigenvalue weighted by molar-refractivity contribution is 5.96. The molecule has 6 aromatic rings. The van der Waals surface area contributed by atoms with Gasteiger partial charge in [-0.05, 0) is 95.1 Å². The van der Waals surface area contributed by atoms with Gasteiger partial charge in [0.25, 0.3) is 0 Å². The topological polar surface area (TPSA) is 113 Å². The van der Waals surface area contributed by atoms with Gasteiger partial charge in [-0.15, -0.1) is 0 Å². The number of phenolic OH excluding ortho intramolecular Hbond substituents is 3. The van der Waals surface area contributed by atoms with Crippen LogP contribution in [-0.4, -0.2) is 27.3 Å². The Hall–Kier alpha value is -6.88. The summed E-state index contributed by atoms with van der Waals surface area (Å²) in [5.74, 6) is -6.12. The zero-order valence-corrected chi connectivity index (χ0v) is 26.1. The first-order valence-corrected chi connectivity index (χ1v) is 15.1. The summed E-state index contributed by atoms with van der Waals surface area (Å²) in [6, 6.07) is 23.8. The van der Waals surface area contributed by atoms with Crippen molar-refractivity contribution in [2.75, 3.05) is 0 Å². The lowest BCUT2D eigenvalue weighted by atomic mass is 10.0.